The number of aryl methyl sites for hydroxylation is 1. The third-order valence-corrected chi connectivity index (χ3v) is 5.66. The predicted octanol–water partition coefficient (Wildman–Crippen LogP) is 1.93. The average molecular weight is 321 g/mol. The van der Waals surface area contributed by atoms with E-state index in [1.54, 1.807) is 0 Å². The van der Waals surface area contributed by atoms with Crippen LogP contribution in [0.15, 0.2) is 4.42 Å². The quantitative estimate of drug-likeness (QED) is 0.826. The fourth-order valence-electron chi connectivity index (χ4n) is 3.96. The lowest BCUT2D eigenvalue weighted by Crippen LogP contribution is -2.49. The van der Waals surface area contributed by atoms with Gasteiger partial charge in [-0.1, -0.05) is 0 Å². The maximum absolute atomic E-state index is 5.58. The van der Waals surface area contributed by atoms with Gasteiger partial charge in [-0.2, -0.15) is 0 Å². The highest BCUT2D eigenvalue weighted by Gasteiger charge is 2.29. The van der Waals surface area contributed by atoms with Crippen LogP contribution in [0, 0.1) is 6.92 Å². The van der Waals surface area contributed by atoms with Gasteiger partial charge in [0.15, 0.2) is 0 Å². The normalized spacial score (nSPS) is 29.2. The smallest absolute Gasteiger partial charge is 0.233 e. The van der Waals surface area contributed by atoms with E-state index in [0.717, 1.165) is 44.2 Å². The molecule has 23 heavy (non-hydrogen) atoms. The first kappa shape index (κ1) is 16.9. The van der Waals surface area contributed by atoms with E-state index in [1.165, 1.54) is 25.9 Å². The van der Waals surface area contributed by atoms with Crippen molar-refractivity contribution >= 4 is 0 Å². The van der Waals surface area contributed by atoms with Gasteiger partial charge < -0.3 is 4.42 Å². The van der Waals surface area contributed by atoms with Gasteiger partial charge in [0.1, 0.15) is 0 Å². The molecule has 0 bridgehead atoms. The van der Waals surface area contributed by atoms with Crippen LogP contribution in [0.4, 0.5) is 0 Å². The molecule has 3 heterocycles. The Hall–Kier alpha value is -0.980. The number of aromatic nitrogens is 2. The van der Waals surface area contributed by atoms with Crippen LogP contribution in [0.25, 0.3) is 0 Å². The van der Waals surface area contributed by atoms with Gasteiger partial charge in [0.05, 0.1) is 6.04 Å². The first-order valence-corrected chi connectivity index (χ1v) is 9.06. The molecule has 0 N–H and O–H groups in total. The summed E-state index contributed by atoms with van der Waals surface area (Å²) < 4.78 is 5.58. The van der Waals surface area contributed by atoms with E-state index in [-0.39, 0.29) is 6.04 Å². The Bertz CT molecular complexity index is 487. The number of hydrogen-bond donors (Lipinski definition) is 0. The summed E-state index contributed by atoms with van der Waals surface area (Å²) in [4.78, 5) is 7.72. The maximum atomic E-state index is 5.58. The van der Waals surface area contributed by atoms with Crippen molar-refractivity contribution < 1.29 is 4.42 Å². The Morgan fingerprint density at radius 1 is 1.04 bits per heavy atom. The number of nitrogens with zero attached hydrogens (tertiary/aromatic N) is 5. The maximum Gasteiger partial charge on any atom is 0.233 e. The zero-order valence-electron chi connectivity index (χ0n) is 15.0. The fourth-order valence-corrected chi connectivity index (χ4v) is 3.96. The van der Waals surface area contributed by atoms with Crippen LogP contribution in [0.3, 0.4) is 0 Å². The molecule has 1 aromatic rings. The third kappa shape index (κ3) is 3.92. The molecule has 0 radical (unpaired) electrons. The van der Waals surface area contributed by atoms with Gasteiger partial charge in [-0.25, -0.2) is 0 Å². The highest BCUT2D eigenvalue weighted by atomic mass is 16.4. The Morgan fingerprint density at radius 2 is 1.70 bits per heavy atom. The van der Waals surface area contributed by atoms with E-state index >= 15 is 0 Å². The van der Waals surface area contributed by atoms with Gasteiger partial charge >= 0.3 is 0 Å². The number of hydrogen-bond acceptors (Lipinski definition) is 6. The minimum Gasteiger partial charge on any atom is -0.424 e. The van der Waals surface area contributed by atoms with Gasteiger partial charge in [0.2, 0.25) is 11.8 Å². The van der Waals surface area contributed by atoms with Crippen LogP contribution in [-0.4, -0.2) is 76.2 Å². The lowest BCUT2D eigenvalue weighted by atomic mass is 10.2. The second kappa shape index (κ2) is 7.28. The zero-order valence-corrected chi connectivity index (χ0v) is 15.0. The van der Waals surface area contributed by atoms with Crippen molar-refractivity contribution in [1.29, 1.82) is 0 Å². The molecule has 6 heteroatoms. The summed E-state index contributed by atoms with van der Waals surface area (Å²) in [6.45, 7) is 15.6. The summed E-state index contributed by atoms with van der Waals surface area (Å²) in [6.07, 6.45) is 2.71. The van der Waals surface area contributed by atoms with Crippen molar-refractivity contribution in [3.05, 3.63) is 11.8 Å². The van der Waals surface area contributed by atoms with E-state index < -0.39 is 0 Å². The molecule has 1 aromatic heterocycles. The van der Waals surface area contributed by atoms with Crippen molar-refractivity contribution in [2.24, 2.45) is 0 Å². The van der Waals surface area contributed by atoms with E-state index in [1.807, 2.05) is 6.92 Å². The summed E-state index contributed by atoms with van der Waals surface area (Å²) in [6, 6.07) is 1.73. The number of rotatable bonds is 5. The molecule has 0 aromatic carbocycles. The summed E-state index contributed by atoms with van der Waals surface area (Å²) in [5, 5.41) is 8.11. The molecule has 3 atom stereocenters. The Labute approximate surface area is 139 Å². The van der Waals surface area contributed by atoms with Gasteiger partial charge in [-0.15, -0.1) is 10.2 Å². The van der Waals surface area contributed by atoms with Gasteiger partial charge in [-0.05, 0) is 33.6 Å². The van der Waals surface area contributed by atoms with Gasteiger partial charge in [0.25, 0.3) is 0 Å². The Balaban J connectivity index is 1.43. The molecule has 130 valence electrons. The third-order valence-electron chi connectivity index (χ3n) is 5.66. The minimum atomic E-state index is 0.219. The molecule has 2 fully saturated rings. The van der Waals surface area contributed by atoms with Crippen molar-refractivity contribution in [2.75, 3.05) is 39.3 Å². The fraction of sp³-hybridized carbons (Fsp3) is 0.882. The molecule has 0 amide bonds. The van der Waals surface area contributed by atoms with Crippen molar-refractivity contribution in [1.82, 2.24) is 24.9 Å². The molecular weight excluding hydrogens is 290 g/mol. The molecule has 0 saturated carbocycles. The summed E-state index contributed by atoms with van der Waals surface area (Å²) in [5.74, 6) is 1.40. The van der Waals surface area contributed by atoms with Gasteiger partial charge in [0, 0.05) is 58.3 Å². The molecule has 2 aliphatic rings. The summed E-state index contributed by atoms with van der Waals surface area (Å²) >= 11 is 0. The van der Waals surface area contributed by atoms with E-state index in [4.69, 9.17) is 4.42 Å². The van der Waals surface area contributed by atoms with Crippen LogP contribution >= 0.6 is 0 Å². The molecule has 0 spiro atoms. The Morgan fingerprint density at radius 3 is 2.26 bits per heavy atom. The van der Waals surface area contributed by atoms with Crippen molar-refractivity contribution in [3.8, 4) is 0 Å². The number of piperazine rings is 1. The van der Waals surface area contributed by atoms with Crippen LogP contribution in [0.1, 0.15) is 51.4 Å². The first-order chi connectivity index (χ1) is 11.0. The molecule has 2 aliphatic heterocycles. The molecule has 2 saturated heterocycles. The average Bonchev–Trinajstić information content (AvgIpc) is 3.12. The zero-order chi connectivity index (χ0) is 16.4. The molecule has 0 aliphatic carbocycles. The molecule has 0 unspecified atom stereocenters. The van der Waals surface area contributed by atoms with Crippen LogP contribution in [-0.2, 0) is 0 Å². The van der Waals surface area contributed by atoms with Crippen LogP contribution in [0.2, 0.25) is 0 Å². The van der Waals surface area contributed by atoms with E-state index in [0.29, 0.717) is 5.89 Å². The lowest BCUT2D eigenvalue weighted by molar-refractivity contribution is 0.0791. The number of likely N-dealkylation sites (tertiary alicyclic amines) is 1. The predicted molar refractivity (Wildman–Crippen MR) is 90.3 cm³/mol. The van der Waals surface area contributed by atoms with Crippen molar-refractivity contribution in [3.63, 3.8) is 0 Å². The van der Waals surface area contributed by atoms with E-state index in [2.05, 4.69) is 45.7 Å². The monoisotopic (exact) mass is 321 g/mol. The second-order valence-electron chi connectivity index (χ2n) is 7.23. The first-order valence-electron chi connectivity index (χ1n) is 9.06. The summed E-state index contributed by atoms with van der Waals surface area (Å²) in [5.41, 5.74) is 0. The van der Waals surface area contributed by atoms with Crippen LogP contribution in [0.5, 0.6) is 0 Å². The highest BCUT2D eigenvalue weighted by Crippen LogP contribution is 2.23. The molecular formula is C17H31N5O. The lowest BCUT2D eigenvalue weighted by Gasteiger charge is -2.38. The topological polar surface area (TPSA) is 48.6 Å². The highest BCUT2D eigenvalue weighted by molar-refractivity contribution is 4.90. The van der Waals surface area contributed by atoms with E-state index in [9.17, 15) is 0 Å². The van der Waals surface area contributed by atoms with Crippen LogP contribution < -0.4 is 0 Å². The second-order valence-corrected chi connectivity index (χ2v) is 7.23. The van der Waals surface area contributed by atoms with Crippen molar-refractivity contribution in [2.45, 2.75) is 58.7 Å². The SMILES string of the molecule is Cc1nnc([C@@H](C)N2CCN(CCN3[C@H](C)CC[C@@H]3C)CC2)o1. The Kier molecular flexibility index (Phi) is 5.34. The minimum absolute atomic E-state index is 0.219. The van der Waals surface area contributed by atoms with Gasteiger partial charge in [-0.3, -0.25) is 14.7 Å². The molecule has 6 nitrogen and oxygen atoms in total. The molecule has 3 rings (SSSR count). The summed E-state index contributed by atoms with van der Waals surface area (Å²) in [7, 11) is 0. The largest absolute Gasteiger partial charge is 0.424 e. The standard InChI is InChI=1S/C17H31N5O/c1-13-5-6-14(2)22(13)12-9-20-7-10-21(11-8-20)15(3)17-19-18-16(4)23-17/h13-15H,5-12H2,1-4H3/t13-,14+,15-/m1/s1.